The highest BCUT2D eigenvalue weighted by Gasteiger charge is 2.42. The van der Waals surface area contributed by atoms with Crippen LogP contribution in [-0.2, 0) is 25.6 Å². The Morgan fingerprint density at radius 1 is 1.15 bits per heavy atom. The molecule has 1 aromatic carbocycles. The van der Waals surface area contributed by atoms with Crippen LogP contribution in [-0.4, -0.2) is 94.6 Å². The predicted molar refractivity (Wildman–Crippen MR) is 119 cm³/mol. The largest absolute Gasteiger partial charge is 0.490 e. The molecule has 0 bridgehead atoms. The normalized spacial score (nSPS) is 21.2. The molecule has 10 nitrogen and oxygen atoms in total. The van der Waals surface area contributed by atoms with Crippen LogP contribution in [0.15, 0.2) is 30.9 Å². The van der Waals surface area contributed by atoms with Crippen LogP contribution < -0.4 is 4.74 Å². The molecule has 0 N–H and O–H groups in total. The zero-order valence-electron chi connectivity index (χ0n) is 18.6. The Balaban J connectivity index is 1.49. The van der Waals surface area contributed by atoms with Crippen molar-refractivity contribution >= 4 is 23.4 Å². The van der Waals surface area contributed by atoms with Crippen molar-refractivity contribution in [2.45, 2.75) is 25.5 Å². The number of nitrogens with zero attached hydrogens (tertiary/aromatic N) is 5. The van der Waals surface area contributed by atoms with Gasteiger partial charge in [-0.3, -0.25) is 9.59 Å². The lowest BCUT2D eigenvalue weighted by molar-refractivity contribution is -0.167. The number of aryl methyl sites for hydroxylation is 1. The first-order chi connectivity index (χ1) is 15.9. The van der Waals surface area contributed by atoms with Gasteiger partial charge < -0.3 is 24.0 Å². The third kappa shape index (κ3) is 6.01. The number of ether oxygens (including phenoxy) is 3. The number of carbonyl (C=O) groups is 2. The first kappa shape index (κ1) is 23.5. The van der Waals surface area contributed by atoms with Crippen LogP contribution in [0, 0.1) is 6.92 Å². The van der Waals surface area contributed by atoms with Crippen molar-refractivity contribution in [1.29, 1.82) is 0 Å². The van der Waals surface area contributed by atoms with E-state index in [0.29, 0.717) is 50.2 Å². The minimum Gasteiger partial charge on any atom is -0.490 e. The SMILES string of the molecule is Cc1cc(OCC2(CC(=O)N3CCOCC3)CN(C(=O)Cn3cncn3)CCO2)ccc1Cl. The molecule has 0 saturated carbocycles. The molecule has 33 heavy (non-hydrogen) atoms. The predicted octanol–water partition coefficient (Wildman–Crippen LogP) is 1.17. The smallest absolute Gasteiger partial charge is 0.244 e. The van der Waals surface area contributed by atoms with Crippen molar-refractivity contribution in [3.05, 3.63) is 41.4 Å². The van der Waals surface area contributed by atoms with E-state index in [1.54, 1.807) is 21.9 Å². The van der Waals surface area contributed by atoms with Crippen LogP contribution in [0.2, 0.25) is 5.02 Å². The summed E-state index contributed by atoms with van der Waals surface area (Å²) in [6, 6.07) is 5.40. The van der Waals surface area contributed by atoms with Gasteiger partial charge in [0.25, 0.3) is 0 Å². The molecule has 0 spiro atoms. The van der Waals surface area contributed by atoms with E-state index in [0.717, 1.165) is 5.56 Å². The summed E-state index contributed by atoms with van der Waals surface area (Å²) in [6.07, 6.45) is 2.99. The second kappa shape index (κ2) is 10.5. The van der Waals surface area contributed by atoms with Crippen LogP contribution in [0.25, 0.3) is 0 Å². The molecule has 2 fully saturated rings. The van der Waals surface area contributed by atoms with Crippen LogP contribution in [0.4, 0.5) is 0 Å². The minimum absolute atomic E-state index is 0.0419. The lowest BCUT2D eigenvalue weighted by Gasteiger charge is -2.43. The highest BCUT2D eigenvalue weighted by molar-refractivity contribution is 6.31. The lowest BCUT2D eigenvalue weighted by Crippen LogP contribution is -2.59. The van der Waals surface area contributed by atoms with Crippen molar-refractivity contribution in [2.24, 2.45) is 0 Å². The summed E-state index contributed by atoms with van der Waals surface area (Å²) in [7, 11) is 0. The second-order valence-electron chi connectivity index (χ2n) is 8.31. The zero-order valence-corrected chi connectivity index (χ0v) is 19.4. The van der Waals surface area contributed by atoms with Crippen molar-refractivity contribution in [3.8, 4) is 5.75 Å². The molecule has 2 saturated heterocycles. The number of rotatable bonds is 7. The molecule has 4 rings (SSSR count). The molecule has 1 unspecified atom stereocenters. The molecule has 11 heteroatoms. The molecular weight excluding hydrogens is 450 g/mol. The maximum Gasteiger partial charge on any atom is 0.244 e. The Morgan fingerprint density at radius 3 is 2.67 bits per heavy atom. The Bertz CT molecular complexity index is 966. The minimum atomic E-state index is -0.973. The van der Waals surface area contributed by atoms with E-state index >= 15 is 0 Å². The molecule has 2 amide bonds. The molecule has 2 aromatic rings. The maximum atomic E-state index is 13.1. The van der Waals surface area contributed by atoms with Gasteiger partial charge in [0, 0.05) is 24.7 Å². The van der Waals surface area contributed by atoms with E-state index in [1.807, 2.05) is 13.0 Å². The topological polar surface area (TPSA) is 99.0 Å². The first-order valence-electron chi connectivity index (χ1n) is 10.9. The molecule has 0 radical (unpaired) electrons. The average molecular weight is 478 g/mol. The number of amides is 2. The second-order valence-corrected chi connectivity index (χ2v) is 8.72. The van der Waals surface area contributed by atoms with Gasteiger partial charge in [-0.2, -0.15) is 5.10 Å². The summed E-state index contributed by atoms with van der Waals surface area (Å²) in [4.78, 5) is 33.4. The summed E-state index contributed by atoms with van der Waals surface area (Å²) in [5.74, 6) is 0.471. The summed E-state index contributed by atoms with van der Waals surface area (Å²) >= 11 is 6.13. The maximum absolute atomic E-state index is 13.1. The zero-order chi connectivity index (χ0) is 23.3. The molecule has 1 atom stereocenters. The van der Waals surface area contributed by atoms with Gasteiger partial charge in [-0.05, 0) is 30.7 Å². The van der Waals surface area contributed by atoms with Gasteiger partial charge in [-0.25, -0.2) is 9.67 Å². The van der Waals surface area contributed by atoms with Crippen LogP contribution in [0.5, 0.6) is 5.75 Å². The Morgan fingerprint density at radius 2 is 1.94 bits per heavy atom. The van der Waals surface area contributed by atoms with Gasteiger partial charge in [-0.15, -0.1) is 0 Å². The number of hydrogen-bond acceptors (Lipinski definition) is 7. The van der Waals surface area contributed by atoms with Gasteiger partial charge >= 0.3 is 0 Å². The van der Waals surface area contributed by atoms with E-state index in [-0.39, 0.29) is 37.9 Å². The Labute approximate surface area is 197 Å². The Hall–Kier alpha value is -2.69. The van der Waals surface area contributed by atoms with Gasteiger partial charge in [0.2, 0.25) is 11.8 Å². The highest BCUT2D eigenvalue weighted by atomic mass is 35.5. The average Bonchev–Trinajstić information content (AvgIpc) is 3.34. The monoisotopic (exact) mass is 477 g/mol. The summed E-state index contributed by atoms with van der Waals surface area (Å²) in [5.41, 5.74) is -0.0824. The fourth-order valence-corrected chi connectivity index (χ4v) is 4.10. The summed E-state index contributed by atoms with van der Waals surface area (Å²) in [5, 5.41) is 4.66. The van der Waals surface area contributed by atoms with Crippen LogP contribution in [0.1, 0.15) is 12.0 Å². The lowest BCUT2D eigenvalue weighted by atomic mass is 9.96. The fourth-order valence-electron chi connectivity index (χ4n) is 3.98. The van der Waals surface area contributed by atoms with E-state index in [2.05, 4.69) is 10.1 Å². The molecule has 178 valence electrons. The molecule has 3 heterocycles. The summed E-state index contributed by atoms with van der Waals surface area (Å²) < 4.78 is 19.1. The van der Waals surface area contributed by atoms with Gasteiger partial charge in [0.15, 0.2) is 0 Å². The highest BCUT2D eigenvalue weighted by Crippen LogP contribution is 2.27. The van der Waals surface area contributed by atoms with Crippen molar-refractivity contribution < 1.29 is 23.8 Å². The van der Waals surface area contributed by atoms with Gasteiger partial charge in [-0.1, -0.05) is 11.6 Å². The third-order valence-electron chi connectivity index (χ3n) is 5.83. The third-order valence-corrected chi connectivity index (χ3v) is 6.26. The van der Waals surface area contributed by atoms with E-state index in [9.17, 15) is 9.59 Å². The number of benzene rings is 1. The van der Waals surface area contributed by atoms with E-state index < -0.39 is 5.60 Å². The fraction of sp³-hybridized carbons (Fsp3) is 0.545. The first-order valence-corrected chi connectivity index (χ1v) is 11.3. The van der Waals surface area contributed by atoms with E-state index in [1.165, 1.54) is 17.3 Å². The van der Waals surface area contributed by atoms with Crippen molar-refractivity contribution in [1.82, 2.24) is 24.6 Å². The molecule has 2 aliphatic heterocycles. The van der Waals surface area contributed by atoms with Gasteiger partial charge in [0.1, 0.15) is 37.2 Å². The standard InChI is InChI=1S/C22H28ClN5O5/c1-17-10-18(2-3-19(17)23)32-14-22(11-20(29)26-4-7-31-8-5-26)13-27(6-9-33-22)21(30)12-28-16-24-15-25-28/h2-3,10,15-16H,4-9,11-14H2,1H3. The number of hydrogen-bond donors (Lipinski definition) is 0. The molecule has 0 aliphatic carbocycles. The number of aromatic nitrogens is 3. The van der Waals surface area contributed by atoms with Crippen molar-refractivity contribution in [3.63, 3.8) is 0 Å². The van der Waals surface area contributed by atoms with E-state index in [4.69, 9.17) is 25.8 Å². The molecular formula is C22H28ClN5O5. The quantitative estimate of drug-likeness (QED) is 0.590. The summed E-state index contributed by atoms with van der Waals surface area (Å²) in [6.45, 7) is 5.19. The van der Waals surface area contributed by atoms with Crippen LogP contribution in [0.3, 0.4) is 0 Å². The Kier molecular flexibility index (Phi) is 7.46. The van der Waals surface area contributed by atoms with Gasteiger partial charge in [0.05, 0.1) is 32.8 Å². The molecule has 2 aliphatic rings. The number of morpholine rings is 2. The van der Waals surface area contributed by atoms with Crippen molar-refractivity contribution in [2.75, 3.05) is 52.6 Å². The number of halogens is 1. The molecule has 1 aromatic heterocycles. The van der Waals surface area contributed by atoms with Crippen LogP contribution >= 0.6 is 11.6 Å². The number of carbonyl (C=O) groups excluding carboxylic acids is 2.